The van der Waals surface area contributed by atoms with Crippen LogP contribution in [0.4, 0.5) is 0 Å². The van der Waals surface area contributed by atoms with Crippen LogP contribution in [0.3, 0.4) is 0 Å². The van der Waals surface area contributed by atoms with Crippen LogP contribution in [0.25, 0.3) is 0 Å². The van der Waals surface area contributed by atoms with Gasteiger partial charge in [-0.25, -0.2) is 0 Å². The van der Waals surface area contributed by atoms with E-state index in [9.17, 15) is 4.79 Å². The molecule has 3 nitrogen and oxygen atoms in total. The van der Waals surface area contributed by atoms with Gasteiger partial charge in [0.15, 0.2) is 0 Å². The van der Waals surface area contributed by atoms with Crippen molar-refractivity contribution in [3.8, 4) is 0 Å². The molecule has 20 heavy (non-hydrogen) atoms. The third kappa shape index (κ3) is 3.46. The fourth-order valence-electron chi connectivity index (χ4n) is 2.40. The van der Waals surface area contributed by atoms with Gasteiger partial charge in [-0.2, -0.15) is 0 Å². The Hall–Kier alpha value is -0.770. The number of halogens is 2. The smallest absolute Gasteiger partial charge is 0.226 e. The van der Waals surface area contributed by atoms with Crippen LogP contribution in [0, 0.1) is 11.8 Å². The highest BCUT2D eigenvalue weighted by molar-refractivity contribution is 6.31. The van der Waals surface area contributed by atoms with E-state index in [2.05, 4.69) is 5.32 Å². The molecule has 1 fully saturated rings. The Morgan fingerprint density at radius 1 is 1.35 bits per heavy atom. The zero-order chi connectivity index (χ0) is 14.0. The molecule has 1 aromatic carbocycles. The minimum Gasteiger partial charge on any atom is -0.339 e. The molecule has 2 atom stereocenters. The topological polar surface area (TPSA) is 32.3 Å². The zero-order valence-electron chi connectivity index (χ0n) is 12.1. The first-order valence-corrected chi connectivity index (χ1v) is 7.12. The molecule has 0 saturated carbocycles. The first-order valence-electron chi connectivity index (χ1n) is 6.74. The predicted molar refractivity (Wildman–Crippen MR) is 85.4 cm³/mol. The van der Waals surface area contributed by atoms with Crippen molar-refractivity contribution in [3.63, 3.8) is 0 Å². The molecule has 1 aliphatic rings. The third-order valence-corrected chi connectivity index (χ3v) is 4.54. The minimum absolute atomic E-state index is 0. The lowest BCUT2D eigenvalue weighted by atomic mass is 9.87. The van der Waals surface area contributed by atoms with Gasteiger partial charge in [-0.3, -0.25) is 4.79 Å². The first kappa shape index (κ1) is 17.3. The summed E-state index contributed by atoms with van der Waals surface area (Å²) < 4.78 is 0. The van der Waals surface area contributed by atoms with Gasteiger partial charge in [0.2, 0.25) is 5.91 Å². The Morgan fingerprint density at radius 2 is 1.95 bits per heavy atom. The van der Waals surface area contributed by atoms with E-state index in [1.807, 2.05) is 50.1 Å². The lowest BCUT2D eigenvalue weighted by molar-refractivity contribution is -0.138. The maximum Gasteiger partial charge on any atom is 0.226 e. The molecule has 1 N–H and O–H groups in total. The van der Waals surface area contributed by atoms with Crippen molar-refractivity contribution in [3.05, 3.63) is 34.9 Å². The van der Waals surface area contributed by atoms with Crippen LogP contribution in [0.5, 0.6) is 0 Å². The van der Waals surface area contributed by atoms with Crippen molar-refractivity contribution in [1.82, 2.24) is 10.2 Å². The summed E-state index contributed by atoms with van der Waals surface area (Å²) in [5, 5.41) is 3.93. The lowest BCUT2D eigenvalue weighted by Crippen LogP contribution is -2.50. The minimum atomic E-state index is -0.00307. The van der Waals surface area contributed by atoms with E-state index in [-0.39, 0.29) is 30.3 Å². The molecule has 0 bridgehead atoms. The van der Waals surface area contributed by atoms with Gasteiger partial charge in [0.05, 0.1) is 6.04 Å². The van der Waals surface area contributed by atoms with Gasteiger partial charge in [-0.05, 0) is 37.6 Å². The molecular weight excluding hydrogens is 295 g/mol. The maximum atomic E-state index is 12.5. The van der Waals surface area contributed by atoms with Crippen molar-refractivity contribution in [1.29, 1.82) is 0 Å². The Bertz CT molecular complexity index is 463. The molecule has 1 heterocycles. The van der Waals surface area contributed by atoms with E-state index in [0.29, 0.717) is 10.9 Å². The van der Waals surface area contributed by atoms with E-state index in [1.165, 1.54) is 0 Å². The van der Waals surface area contributed by atoms with Crippen LogP contribution < -0.4 is 5.32 Å². The summed E-state index contributed by atoms with van der Waals surface area (Å²) in [6.07, 6.45) is 0. The summed E-state index contributed by atoms with van der Waals surface area (Å²) in [6.45, 7) is 5.93. The van der Waals surface area contributed by atoms with Crippen LogP contribution in [0.15, 0.2) is 24.3 Å². The van der Waals surface area contributed by atoms with Crippen molar-refractivity contribution in [2.24, 2.45) is 11.8 Å². The Kier molecular flexibility index (Phi) is 6.31. The largest absolute Gasteiger partial charge is 0.339 e. The number of rotatable bonds is 4. The molecule has 0 aliphatic carbocycles. The molecule has 1 saturated heterocycles. The molecule has 112 valence electrons. The Labute approximate surface area is 132 Å². The monoisotopic (exact) mass is 316 g/mol. The lowest BCUT2D eigenvalue weighted by Gasteiger charge is -2.36. The Balaban J connectivity index is 0.00000200. The molecule has 0 radical (unpaired) electrons. The molecule has 1 aromatic rings. The number of hydrogen-bond donors (Lipinski definition) is 1. The van der Waals surface area contributed by atoms with Gasteiger partial charge >= 0.3 is 0 Å². The van der Waals surface area contributed by atoms with E-state index < -0.39 is 0 Å². The van der Waals surface area contributed by atoms with Crippen LogP contribution in [-0.4, -0.2) is 30.9 Å². The van der Waals surface area contributed by atoms with Crippen molar-refractivity contribution < 1.29 is 4.79 Å². The van der Waals surface area contributed by atoms with E-state index in [0.717, 1.165) is 18.7 Å². The molecule has 0 aromatic heterocycles. The van der Waals surface area contributed by atoms with E-state index in [4.69, 9.17) is 11.6 Å². The zero-order valence-corrected chi connectivity index (χ0v) is 13.7. The number of carbonyl (C=O) groups is 1. The summed E-state index contributed by atoms with van der Waals surface area (Å²) >= 11 is 6.20. The van der Waals surface area contributed by atoms with Crippen molar-refractivity contribution >= 4 is 29.9 Å². The van der Waals surface area contributed by atoms with E-state index in [1.54, 1.807) is 0 Å². The normalized spacial score (nSPS) is 17.6. The summed E-state index contributed by atoms with van der Waals surface area (Å²) in [6, 6.07) is 7.70. The summed E-state index contributed by atoms with van der Waals surface area (Å²) in [4.78, 5) is 14.3. The van der Waals surface area contributed by atoms with Gasteiger partial charge in [-0.15, -0.1) is 12.4 Å². The molecule has 2 unspecified atom stereocenters. The SMILES string of the molecule is CC(C(=O)N(C)C(C)c1ccccc1Cl)C1CNC1.Cl. The number of nitrogens with one attached hydrogen (secondary N) is 1. The van der Waals surface area contributed by atoms with Crippen molar-refractivity contribution in [2.45, 2.75) is 19.9 Å². The number of amides is 1. The van der Waals surface area contributed by atoms with Crippen molar-refractivity contribution in [2.75, 3.05) is 20.1 Å². The fraction of sp³-hybridized carbons (Fsp3) is 0.533. The van der Waals surface area contributed by atoms with E-state index >= 15 is 0 Å². The highest BCUT2D eigenvalue weighted by atomic mass is 35.5. The van der Waals surface area contributed by atoms with Gasteiger partial charge < -0.3 is 10.2 Å². The maximum absolute atomic E-state index is 12.5. The van der Waals surface area contributed by atoms with Crippen LogP contribution in [-0.2, 0) is 4.79 Å². The number of nitrogens with zero attached hydrogens (tertiary/aromatic N) is 1. The molecule has 2 rings (SSSR count). The van der Waals surface area contributed by atoms with Gasteiger partial charge in [-0.1, -0.05) is 36.7 Å². The molecular formula is C15H22Cl2N2O. The molecule has 1 amide bonds. The number of carbonyl (C=O) groups excluding carboxylic acids is 1. The van der Waals surface area contributed by atoms with Crippen LogP contribution in [0.2, 0.25) is 5.02 Å². The average molecular weight is 317 g/mol. The van der Waals surface area contributed by atoms with Crippen LogP contribution >= 0.6 is 24.0 Å². The second-order valence-corrected chi connectivity index (χ2v) is 5.76. The predicted octanol–water partition coefficient (Wildman–Crippen LogP) is 3.14. The van der Waals surface area contributed by atoms with Gasteiger partial charge in [0.1, 0.15) is 0 Å². The quantitative estimate of drug-likeness (QED) is 0.925. The number of hydrogen-bond acceptors (Lipinski definition) is 2. The Morgan fingerprint density at radius 3 is 2.45 bits per heavy atom. The van der Waals surface area contributed by atoms with Gasteiger partial charge in [0, 0.05) is 18.0 Å². The summed E-state index contributed by atoms with van der Waals surface area (Å²) in [5.41, 5.74) is 0.999. The summed E-state index contributed by atoms with van der Waals surface area (Å²) in [7, 11) is 1.86. The highest BCUT2D eigenvalue weighted by Gasteiger charge is 2.32. The second kappa shape index (κ2) is 7.30. The number of benzene rings is 1. The highest BCUT2D eigenvalue weighted by Crippen LogP contribution is 2.28. The molecule has 5 heteroatoms. The average Bonchev–Trinajstić information content (AvgIpc) is 2.34. The fourth-order valence-corrected chi connectivity index (χ4v) is 2.69. The standard InChI is InChI=1S/C15H21ClN2O.ClH/c1-10(12-8-17-9-12)15(19)18(3)11(2)13-6-4-5-7-14(13)16;/h4-7,10-12,17H,8-9H2,1-3H3;1H. The van der Waals surface area contributed by atoms with Crippen LogP contribution in [0.1, 0.15) is 25.5 Å². The summed E-state index contributed by atoms with van der Waals surface area (Å²) in [5.74, 6) is 0.725. The van der Waals surface area contributed by atoms with Gasteiger partial charge in [0.25, 0.3) is 0 Å². The molecule has 1 aliphatic heterocycles. The second-order valence-electron chi connectivity index (χ2n) is 5.35. The third-order valence-electron chi connectivity index (χ3n) is 4.19. The first-order chi connectivity index (χ1) is 9.02. The molecule has 0 spiro atoms.